The number of carbonyl (C=O) groups excluding carboxylic acids is 1. The van der Waals surface area contributed by atoms with Crippen LogP contribution in [0.25, 0.3) is 0 Å². The Labute approximate surface area is 140 Å². The normalized spacial score (nSPS) is 19.7. The minimum Gasteiger partial charge on any atom is -0.309 e. The minimum absolute atomic E-state index is 0.0489. The zero-order valence-electron chi connectivity index (χ0n) is 13.0. The molecule has 1 aliphatic heterocycles. The van der Waals surface area contributed by atoms with Crippen molar-refractivity contribution in [2.75, 3.05) is 11.9 Å². The van der Waals surface area contributed by atoms with E-state index in [-0.39, 0.29) is 11.9 Å². The van der Waals surface area contributed by atoms with Crippen LogP contribution >= 0.6 is 11.6 Å². The maximum absolute atomic E-state index is 12.5. The van der Waals surface area contributed by atoms with Gasteiger partial charge >= 0.3 is 0 Å². The van der Waals surface area contributed by atoms with Gasteiger partial charge in [0.15, 0.2) is 0 Å². The summed E-state index contributed by atoms with van der Waals surface area (Å²) in [6, 6.07) is 5.45. The van der Waals surface area contributed by atoms with Crippen LogP contribution in [0.1, 0.15) is 19.8 Å². The van der Waals surface area contributed by atoms with E-state index < -0.39 is 0 Å². The summed E-state index contributed by atoms with van der Waals surface area (Å²) in [6.45, 7) is 3.67. The third-order valence-corrected chi connectivity index (χ3v) is 4.46. The average Bonchev–Trinajstić information content (AvgIpc) is 3.21. The van der Waals surface area contributed by atoms with Crippen LogP contribution in [0.15, 0.2) is 36.8 Å². The standard InChI is InChI=1S/C16H20ClN5O/c1-12(16(23)20-15-6-5-13(17)10-18-15)22-9-2-4-14(22)11-21-8-3-7-19-21/h3,5-8,10,12,14H,2,4,9,11H2,1H3,(H,18,20,23)/t12-,14-/m1/s1. The molecule has 0 radical (unpaired) electrons. The van der Waals surface area contributed by atoms with Gasteiger partial charge in [0.2, 0.25) is 5.91 Å². The van der Waals surface area contributed by atoms with Crippen LogP contribution in [0, 0.1) is 0 Å². The Morgan fingerprint density at radius 1 is 1.52 bits per heavy atom. The number of anilines is 1. The van der Waals surface area contributed by atoms with Crippen molar-refractivity contribution >= 4 is 23.3 Å². The summed E-state index contributed by atoms with van der Waals surface area (Å²) in [5, 5.41) is 7.66. The Morgan fingerprint density at radius 3 is 3.09 bits per heavy atom. The van der Waals surface area contributed by atoms with Gasteiger partial charge in [-0.25, -0.2) is 4.98 Å². The Kier molecular flexibility index (Phi) is 4.93. The van der Waals surface area contributed by atoms with Gasteiger partial charge in [0.05, 0.1) is 17.6 Å². The first-order valence-electron chi connectivity index (χ1n) is 7.79. The molecule has 2 atom stereocenters. The van der Waals surface area contributed by atoms with E-state index in [0.717, 1.165) is 25.9 Å². The molecule has 122 valence electrons. The molecule has 0 aliphatic carbocycles. The summed E-state index contributed by atoms with van der Waals surface area (Å²) in [7, 11) is 0. The summed E-state index contributed by atoms with van der Waals surface area (Å²) in [4.78, 5) is 18.8. The number of rotatable bonds is 5. The van der Waals surface area contributed by atoms with E-state index in [0.29, 0.717) is 16.9 Å². The van der Waals surface area contributed by atoms with Crippen LogP contribution in [-0.2, 0) is 11.3 Å². The summed E-state index contributed by atoms with van der Waals surface area (Å²) < 4.78 is 1.92. The van der Waals surface area contributed by atoms with E-state index in [4.69, 9.17) is 11.6 Å². The molecule has 1 aliphatic rings. The summed E-state index contributed by atoms with van der Waals surface area (Å²) >= 11 is 5.81. The third-order valence-electron chi connectivity index (χ3n) is 4.24. The van der Waals surface area contributed by atoms with Gasteiger partial charge in [-0.15, -0.1) is 0 Å². The molecule has 23 heavy (non-hydrogen) atoms. The fourth-order valence-electron chi connectivity index (χ4n) is 3.02. The number of aromatic nitrogens is 3. The highest BCUT2D eigenvalue weighted by Crippen LogP contribution is 2.22. The molecule has 1 N–H and O–H groups in total. The number of hydrogen-bond donors (Lipinski definition) is 1. The van der Waals surface area contributed by atoms with Crippen LogP contribution in [0.4, 0.5) is 5.82 Å². The van der Waals surface area contributed by atoms with Crippen molar-refractivity contribution in [3.63, 3.8) is 0 Å². The monoisotopic (exact) mass is 333 g/mol. The third kappa shape index (κ3) is 3.89. The van der Waals surface area contributed by atoms with Crippen molar-refractivity contribution in [2.45, 2.75) is 38.4 Å². The highest BCUT2D eigenvalue weighted by Gasteiger charge is 2.32. The number of pyridine rings is 1. The van der Waals surface area contributed by atoms with Crippen LogP contribution in [0.5, 0.6) is 0 Å². The van der Waals surface area contributed by atoms with Crippen molar-refractivity contribution in [3.8, 4) is 0 Å². The summed E-state index contributed by atoms with van der Waals surface area (Å²) in [6.07, 6.45) is 7.44. The van der Waals surface area contributed by atoms with Gasteiger partial charge in [-0.3, -0.25) is 14.4 Å². The van der Waals surface area contributed by atoms with Gasteiger partial charge in [0, 0.05) is 24.6 Å². The number of hydrogen-bond acceptors (Lipinski definition) is 4. The molecule has 0 unspecified atom stereocenters. The lowest BCUT2D eigenvalue weighted by molar-refractivity contribution is -0.121. The van der Waals surface area contributed by atoms with Crippen molar-refractivity contribution in [1.82, 2.24) is 19.7 Å². The zero-order valence-corrected chi connectivity index (χ0v) is 13.8. The molecule has 3 heterocycles. The van der Waals surface area contributed by atoms with Gasteiger partial charge in [-0.1, -0.05) is 11.6 Å². The summed E-state index contributed by atoms with van der Waals surface area (Å²) in [5.74, 6) is 0.473. The van der Waals surface area contributed by atoms with Gasteiger partial charge < -0.3 is 5.32 Å². The molecule has 1 amide bonds. The molecule has 7 heteroatoms. The van der Waals surface area contributed by atoms with E-state index in [2.05, 4.69) is 20.3 Å². The van der Waals surface area contributed by atoms with Gasteiger partial charge in [-0.05, 0) is 44.5 Å². The maximum atomic E-state index is 12.5. The molecule has 1 fully saturated rings. The van der Waals surface area contributed by atoms with Gasteiger partial charge in [-0.2, -0.15) is 5.10 Å². The minimum atomic E-state index is -0.212. The summed E-state index contributed by atoms with van der Waals surface area (Å²) in [5.41, 5.74) is 0. The van der Waals surface area contributed by atoms with Crippen molar-refractivity contribution in [2.24, 2.45) is 0 Å². The van der Waals surface area contributed by atoms with Crippen LogP contribution in [0.3, 0.4) is 0 Å². The lowest BCUT2D eigenvalue weighted by atomic mass is 10.2. The smallest absolute Gasteiger partial charge is 0.242 e. The largest absolute Gasteiger partial charge is 0.309 e. The predicted octanol–water partition coefficient (Wildman–Crippen LogP) is 2.42. The van der Waals surface area contributed by atoms with Gasteiger partial charge in [0.25, 0.3) is 0 Å². The van der Waals surface area contributed by atoms with Crippen molar-refractivity contribution in [1.29, 1.82) is 0 Å². The number of nitrogens with zero attached hydrogens (tertiary/aromatic N) is 4. The second-order valence-corrected chi connectivity index (χ2v) is 6.23. The Balaban J connectivity index is 1.62. The highest BCUT2D eigenvalue weighted by molar-refractivity contribution is 6.30. The SMILES string of the molecule is C[C@H](C(=O)Nc1ccc(Cl)cn1)N1CCC[C@@H]1Cn1cccn1. The first-order chi connectivity index (χ1) is 11.1. The molecule has 0 aromatic carbocycles. The molecule has 6 nitrogen and oxygen atoms in total. The molecule has 0 bridgehead atoms. The molecule has 0 saturated carbocycles. The lowest BCUT2D eigenvalue weighted by Crippen LogP contribution is -2.46. The quantitative estimate of drug-likeness (QED) is 0.912. The van der Waals surface area contributed by atoms with E-state index in [1.807, 2.05) is 23.9 Å². The fraction of sp³-hybridized carbons (Fsp3) is 0.438. The van der Waals surface area contributed by atoms with Gasteiger partial charge in [0.1, 0.15) is 5.82 Å². The first kappa shape index (κ1) is 16.0. The molecular formula is C16H20ClN5O. The van der Waals surface area contributed by atoms with E-state index in [9.17, 15) is 4.79 Å². The molecule has 3 rings (SSSR count). The highest BCUT2D eigenvalue weighted by atomic mass is 35.5. The zero-order chi connectivity index (χ0) is 16.2. The van der Waals surface area contributed by atoms with Crippen LogP contribution < -0.4 is 5.32 Å². The maximum Gasteiger partial charge on any atom is 0.242 e. The molecule has 2 aromatic rings. The second-order valence-electron chi connectivity index (χ2n) is 5.79. The fourth-order valence-corrected chi connectivity index (χ4v) is 3.13. The lowest BCUT2D eigenvalue weighted by Gasteiger charge is -2.29. The van der Waals surface area contributed by atoms with Crippen LogP contribution in [-0.4, -0.2) is 44.2 Å². The Morgan fingerprint density at radius 2 is 2.39 bits per heavy atom. The Hall–Kier alpha value is -1.92. The molecule has 0 spiro atoms. The molecule has 2 aromatic heterocycles. The predicted molar refractivity (Wildman–Crippen MR) is 89.3 cm³/mol. The number of halogens is 1. The Bertz CT molecular complexity index is 643. The van der Waals surface area contributed by atoms with Crippen molar-refractivity contribution < 1.29 is 4.79 Å². The van der Waals surface area contributed by atoms with Crippen molar-refractivity contribution in [3.05, 3.63) is 41.8 Å². The van der Waals surface area contributed by atoms with Crippen LogP contribution in [0.2, 0.25) is 5.02 Å². The average molecular weight is 334 g/mol. The second kappa shape index (κ2) is 7.10. The van der Waals surface area contributed by atoms with E-state index >= 15 is 0 Å². The number of nitrogens with one attached hydrogen (secondary N) is 1. The van der Waals surface area contributed by atoms with E-state index in [1.54, 1.807) is 18.3 Å². The number of carbonyl (C=O) groups is 1. The molecule has 1 saturated heterocycles. The first-order valence-corrected chi connectivity index (χ1v) is 8.17. The van der Waals surface area contributed by atoms with E-state index in [1.165, 1.54) is 6.20 Å². The molecular weight excluding hydrogens is 314 g/mol. The number of amides is 1. The number of likely N-dealkylation sites (tertiary alicyclic amines) is 1. The topological polar surface area (TPSA) is 63.1 Å².